The first-order chi connectivity index (χ1) is 13.2. The number of likely N-dealkylation sites (N-methyl/N-ethyl adjacent to an activating group) is 1. The van der Waals surface area contributed by atoms with Crippen molar-refractivity contribution in [3.63, 3.8) is 0 Å². The maximum Gasteiger partial charge on any atom is 0.387 e. The standard InChI is InChI=1S/C18H20ClF2NO5S/c1-22(9-8-12-4-6-16(25-2)17(10-12)26-3)28(23,24)13-5-7-15(14(19)11-13)27-18(20)21/h4-7,10-11,18H,8-9H2,1-3H3. The third-order valence-corrected chi connectivity index (χ3v) is 6.14. The van der Waals surface area contributed by atoms with E-state index in [1.165, 1.54) is 27.3 Å². The molecule has 154 valence electrons. The molecule has 6 nitrogen and oxygen atoms in total. The zero-order valence-corrected chi connectivity index (χ0v) is 17.1. The fourth-order valence-electron chi connectivity index (χ4n) is 2.46. The molecule has 2 aromatic carbocycles. The molecule has 0 aliphatic rings. The van der Waals surface area contributed by atoms with E-state index in [-0.39, 0.29) is 22.2 Å². The van der Waals surface area contributed by atoms with Crippen molar-refractivity contribution in [2.75, 3.05) is 27.8 Å². The normalized spacial score (nSPS) is 11.7. The minimum atomic E-state index is -3.86. The Morgan fingerprint density at radius 2 is 1.68 bits per heavy atom. The average Bonchev–Trinajstić information content (AvgIpc) is 2.66. The predicted molar refractivity (Wildman–Crippen MR) is 101 cm³/mol. The first kappa shape index (κ1) is 22.2. The van der Waals surface area contributed by atoms with Gasteiger partial charge >= 0.3 is 6.61 Å². The molecule has 10 heteroatoms. The lowest BCUT2D eigenvalue weighted by Crippen LogP contribution is -2.29. The van der Waals surface area contributed by atoms with Crippen LogP contribution in [0.3, 0.4) is 0 Å². The van der Waals surface area contributed by atoms with Crippen LogP contribution in [-0.2, 0) is 16.4 Å². The summed E-state index contributed by atoms with van der Waals surface area (Å²) in [5, 5.41) is -0.213. The lowest BCUT2D eigenvalue weighted by atomic mass is 10.1. The number of halogens is 3. The van der Waals surface area contributed by atoms with E-state index < -0.39 is 16.6 Å². The van der Waals surface area contributed by atoms with Gasteiger partial charge in [0.05, 0.1) is 24.1 Å². The highest BCUT2D eigenvalue weighted by Crippen LogP contribution is 2.30. The van der Waals surface area contributed by atoms with Crippen LogP contribution in [0.4, 0.5) is 8.78 Å². The van der Waals surface area contributed by atoms with Gasteiger partial charge in [0.1, 0.15) is 5.75 Å². The monoisotopic (exact) mass is 435 g/mol. The molecular formula is C18H20ClF2NO5S. The molecule has 0 unspecified atom stereocenters. The van der Waals surface area contributed by atoms with E-state index in [9.17, 15) is 17.2 Å². The van der Waals surface area contributed by atoms with Crippen molar-refractivity contribution in [3.05, 3.63) is 47.0 Å². The molecule has 0 spiro atoms. The van der Waals surface area contributed by atoms with Gasteiger partial charge in [0.15, 0.2) is 11.5 Å². The largest absolute Gasteiger partial charge is 0.493 e. The van der Waals surface area contributed by atoms with E-state index in [2.05, 4.69) is 4.74 Å². The Hall–Kier alpha value is -2.10. The second-order valence-corrected chi connectivity index (χ2v) is 8.19. The van der Waals surface area contributed by atoms with Crippen LogP contribution in [-0.4, -0.2) is 47.1 Å². The van der Waals surface area contributed by atoms with Gasteiger partial charge in [0, 0.05) is 13.6 Å². The van der Waals surface area contributed by atoms with Crippen molar-refractivity contribution in [3.8, 4) is 17.2 Å². The van der Waals surface area contributed by atoms with Crippen LogP contribution < -0.4 is 14.2 Å². The number of benzene rings is 2. The van der Waals surface area contributed by atoms with Crippen molar-refractivity contribution in [1.82, 2.24) is 4.31 Å². The van der Waals surface area contributed by atoms with Crippen molar-refractivity contribution >= 4 is 21.6 Å². The van der Waals surface area contributed by atoms with Gasteiger partial charge < -0.3 is 14.2 Å². The van der Waals surface area contributed by atoms with Gasteiger partial charge in [-0.15, -0.1) is 0 Å². The number of alkyl halides is 2. The minimum absolute atomic E-state index is 0.117. The summed E-state index contributed by atoms with van der Waals surface area (Å²) in [6, 6.07) is 8.68. The highest BCUT2D eigenvalue weighted by molar-refractivity contribution is 7.89. The van der Waals surface area contributed by atoms with Gasteiger partial charge in [-0.3, -0.25) is 0 Å². The number of nitrogens with zero attached hydrogens (tertiary/aromatic N) is 1. The van der Waals surface area contributed by atoms with Crippen LogP contribution in [0.15, 0.2) is 41.3 Å². The molecular weight excluding hydrogens is 416 g/mol. The number of rotatable bonds is 9. The topological polar surface area (TPSA) is 65.1 Å². The number of sulfonamides is 1. The van der Waals surface area contributed by atoms with Gasteiger partial charge in [0.25, 0.3) is 0 Å². The Kier molecular flexibility index (Phi) is 7.45. The molecule has 0 aromatic heterocycles. The second-order valence-electron chi connectivity index (χ2n) is 5.74. The lowest BCUT2D eigenvalue weighted by molar-refractivity contribution is -0.0498. The van der Waals surface area contributed by atoms with Gasteiger partial charge in [-0.2, -0.15) is 8.78 Å². The van der Waals surface area contributed by atoms with Crippen molar-refractivity contribution in [1.29, 1.82) is 0 Å². The Labute approximate surface area is 167 Å². The fraction of sp³-hybridized carbons (Fsp3) is 0.333. The summed E-state index contributed by atoms with van der Waals surface area (Å²) in [6.07, 6.45) is 0.427. The van der Waals surface area contributed by atoms with E-state index in [0.717, 1.165) is 22.0 Å². The highest BCUT2D eigenvalue weighted by Gasteiger charge is 2.22. The molecule has 2 aromatic rings. The van der Waals surface area contributed by atoms with E-state index in [1.807, 2.05) is 6.07 Å². The molecule has 2 rings (SSSR count). The smallest absolute Gasteiger partial charge is 0.387 e. The number of ether oxygens (including phenoxy) is 3. The first-order valence-electron chi connectivity index (χ1n) is 8.10. The molecule has 0 atom stereocenters. The molecule has 0 saturated heterocycles. The molecule has 0 aliphatic carbocycles. The van der Waals surface area contributed by atoms with Crippen LogP contribution in [0.1, 0.15) is 5.56 Å². The molecule has 0 aliphatic heterocycles. The summed E-state index contributed by atoms with van der Waals surface area (Å²) < 4.78 is 65.8. The Bertz CT molecular complexity index is 924. The van der Waals surface area contributed by atoms with Crippen molar-refractivity contribution in [2.24, 2.45) is 0 Å². The number of hydrogen-bond acceptors (Lipinski definition) is 5. The van der Waals surface area contributed by atoms with E-state index in [4.69, 9.17) is 21.1 Å². The summed E-state index contributed by atoms with van der Waals surface area (Å²) in [6.45, 7) is -2.87. The fourth-order valence-corrected chi connectivity index (χ4v) is 3.94. The molecule has 0 radical (unpaired) electrons. The van der Waals surface area contributed by atoms with Crippen LogP contribution in [0.5, 0.6) is 17.2 Å². The predicted octanol–water partition coefficient (Wildman–Crippen LogP) is 3.82. The van der Waals surface area contributed by atoms with Crippen molar-refractivity contribution < 1.29 is 31.4 Å². The zero-order valence-electron chi connectivity index (χ0n) is 15.5. The van der Waals surface area contributed by atoms with Gasteiger partial charge in [0.2, 0.25) is 10.0 Å². The zero-order chi connectivity index (χ0) is 20.9. The molecule has 0 bridgehead atoms. The van der Waals surface area contributed by atoms with Crippen molar-refractivity contribution in [2.45, 2.75) is 17.9 Å². The molecule has 0 saturated carbocycles. The van der Waals surface area contributed by atoms with Gasteiger partial charge in [-0.05, 0) is 42.3 Å². The summed E-state index contributed by atoms with van der Waals surface area (Å²) >= 11 is 5.85. The third kappa shape index (κ3) is 5.24. The van der Waals surface area contributed by atoms with E-state index >= 15 is 0 Å². The summed E-state index contributed by atoms with van der Waals surface area (Å²) in [5.41, 5.74) is 0.860. The minimum Gasteiger partial charge on any atom is -0.493 e. The maximum absolute atomic E-state index is 12.7. The Morgan fingerprint density at radius 3 is 2.25 bits per heavy atom. The third-order valence-electron chi connectivity index (χ3n) is 3.99. The molecule has 0 amide bonds. The number of methoxy groups -OCH3 is 2. The highest BCUT2D eigenvalue weighted by atomic mass is 35.5. The summed E-state index contributed by atoms with van der Waals surface area (Å²) in [5.74, 6) is 0.837. The SMILES string of the molecule is COc1ccc(CCN(C)S(=O)(=O)c2ccc(OC(F)F)c(Cl)c2)cc1OC. The average molecular weight is 436 g/mol. The quantitative estimate of drug-likeness (QED) is 0.599. The van der Waals surface area contributed by atoms with Crippen LogP contribution in [0.25, 0.3) is 0 Å². The van der Waals surface area contributed by atoms with Crippen LogP contribution >= 0.6 is 11.6 Å². The summed E-state index contributed by atoms with van der Waals surface area (Å²) in [4.78, 5) is -0.117. The molecule has 0 heterocycles. The molecule has 28 heavy (non-hydrogen) atoms. The Balaban J connectivity index is 2.13. The second kappa shape index (κ2) is 9.40. The number of hydrogen-bond donors (Lipinski definition) is 0. The summed E-state index contributed by atoms with van der Waals surface area (Å²) in [7, 11) is 0.614. The first-order valence-corrected chi connectivity index (χ1v) is 9.92. The van der Waals surface area contributed by atoms with Crippen LogP contribution in [0.2, 0.25) is 5.02 Å². The van der Waals surface area contributed by atoms with Crippen LogP contribution in [0, 0.1) is 0 Å². The van der Waals surface area contributed by atoms with E-state index in [0.29, 0.717) is 17.9 Å². The maximum atomic E-state index is 12.7. The lowest BCUT2D eigenvalue weighted by Gasteiger charge is -2.18. The molecule has 0 N–H and O–H groups in total. The molecule has 0 fully saturated rings. The van der Waals surface area contributed by atoms with Gasteiger partial charge in [-0.1, -0.05) is 17.7 Å². The Morgan fingerprint density at radius 1 is 1.04 bits per heavy atom. The van der Waals surface area contributed by atoms with Gasteiger partial charge in [-0.25, -0.2) is 12.7 Å². The van der Waals surface area contributed by atoms with E-state index in [1.54, 1.807) is 12.1 Å².